The van der Waals surface area contributed by atoms with Crippen molar-refractivity contribution in [3.8, 4) is 0 Å². The standard InChI is InChI=1S/C7H11N3O3S2/c1-4(2)15(12,13)10-6(11)5-3-14-7(8)9-5/h3-4H,1-2H3,(H2,8,9)(H,10,11). The van der Waals surface area contributed by atoms with E-state index in [2.05, 4.69) is 4.98 Å². The molecule has 0 spiro atoms. The first-order valence-electron chi connectivity index (χ1n) is 4.10. The van der Waals surface area contributed by atoms with Crippen molar-refractivity contribution in [2.45, 2.75) is 19.1 Å². The highest BCUT2D eigenvalue weighted by Crippen LogP contribution is 2.11. The summed E-state index contributed by atoms with van der Waals surface area (Å²) in [5.74, 6) is -0.753. The van der Waals surface area contributed by atoms with Crippen LogP contribution < -0.4 is 10.5 Å². The molecule has 0 radical (unpaired) electrons. The third-order valence-electron chi connectivity index (χ3n) is 1.61. The second-order valence-electron chi connectivity index (χ2n) is 3.10. The third-order valence-corrected chi connectivity index (χ3v) is 4.00. The number of hydrogen-bond donors (Lipinski definition) is 2. The molecule has 8 heteroatoms. The summed E-state index contributed by atoms with van der Waals surface area (Å²) in [6.07, 6.45) is 0. The first-order valence-corrected chi connectivity index (χ1v) is 6.52. The van der Waals surface area contributed by atoms with Crippen LogP contribution in [0.2, 0.25) is 0 Å². The lowest BCUT2D eigenvalue weighted by Gasteiger charge is -2.07. The van der Waals surface area contributed by atoms with Gasteiger partial charge in [-0.3, -0.25) is 4.79 Å². The van der Waals surface area contributed by atoms with Gasteiger partial charge in [0.1, 0.15) is 5.69 Å². The molecular formula is C7H11N3O3S2. The molecule has 0 aliphatic rings. The fourth-order valence-electron chi connectivity index (χ4n) is 0.691. The van der Waals surface area contributed by atoms with Crippen LogP contribution in [-0.4, -0.2) is 24.6 Å². The Hall–Kier alpha value is -1.15. The molecule has 0 aromatic carbocycles. The number of aromatic nitrogens is 1. The van der Waals surface area contributed by atoms with E-state index in [1.165, 1.54) is 19.2 Å². The summed E-state index contributed by atoms with van der Waals surface area (Å²) in [6.45, 7) is 2.95. The molecule has 6 nitrogen and oxygen atoms in total. The lowest BCUT2D eigenvalue weighted by atomic mass is 10.5. The maximum atomic E-state index is 11.4. The van der Waals surface area contributed by atoms with Crippen LogP contribution in [0.5, 0.6) is 0 Å². The van der Waals surface area contributed by atoms with Crippen LogP contribution in [0.4, 0.5) is 5.13 Å². The highest BCUT2D eigenvalue weighted by molar-refractivity contribution is 7.90. The van der Waals surface area contributed by atoms with Crippen molar-refractivity contribution in [2.24, 2.45) is 0 Å². The summed E-state index contributed by atoms with van der Waals surface area (Å²) in [7, 11) is -3.61. The minimum atomic E-state index is -3.61. The van der Waals surface area contributed by atoms with Crippen LogP contribution in [0, 0.1) is 0 Å². The van der Waals surface area contributed by atoms with Crippen molar-refractivity contribution >= 4 is 32.4 Å². The molecule has 1 rings (SSSR count). The molecule has 84 valence electrons. The van der Waals surface area contributed by atoms with Gasteiger partial charge in [-0.05, 0) is 13.8 Å². The SMILES string of the molecule is CC(C)S(=O)(=O)NC(=O)c1csc(N)n1. The highest BCUT2D eigenvalue weighted by atomic mass is 32.2. The van der Waals surface area contributed by atoms with Crippen molar-refractivity contribution < 1.29 is 13.2 Å². The second-order valence-corrected chi connectivity index (χ2v) is 6.22. The van der Waals surface area contributed by atoms with Crippen LogP contribution in [0.1, 0.15) is 24.3 Å². The predicted molar refractivity (Wildman–Crippen MR) is 58.0 cm³/mol. The molecule has 15 heavy (non-hydrogen) atoms. The number of thiazole rings is 1. The lowest BCUT2D eigenvalue weighted by molar-refractivity contribution is 0.0977. The van der Waals surface area contributed by atoms with Crippen LogP contribution >= 0.6 is 11.3 Å². The number of rotatable bonds is 3. The Balaban J connectivity index is 2.81. The van der Waals surface area contributed by atoms with E-state index in [0.717, 1.165) is 11.3 Å². The van der Waals surface area contributed by atoms with Gasteiger partial charge in [0.2, 0.25) is 10.0 Å². The summed E-state index contributed by atoms with van der Waals surface area (Å²) in [4.78, 5) is 15.1. The molecule has 0 bridgehead atoms. The summed E-state index contributed by atoms with van der Waals surface area (Å²) in [5, 5.41) is 0.958. The zero-order chi connectivity index (χ0) is 11.6. The van der Waals surface area contributed by atoms with Crippen LogP contribution in [0.15, 0.2) is 5.38 Å². The largest absolute Gasteiger partial charge is 0.375 e. The Labute approximate surface area is 91.6 Å². The molecule has 1 aromatic rings. The van der Waals surface area contributed by atoms with Gasteiger partial charge in [-0.25, -0.2) is 18.1 Å². The molecule has 0 aliphatic carbocycles. The maximum Gasteiger partial charge on any atom is 0.284 e. The molecule has 0 aliphatic heterocycles. The van der Waals surface area contributed by atoms with Gasteiger partial charge < -0.3 is 5.73 Å². The van der Waals surface area contributed by atoms with E-state index in [-0.39, 0.29) is 10.8 Å². The topological polar surface area (TPSA) is 102 Å². The predicted octanol–water partition coefficient (Wildman–Crippen LogP) is 0.193. The van der Waals surface area contributed by atoms with Crippen LogP contribution in [0.3, 0.4) is 0 Å². The Morgan fingerprint density at radius 2 is 2.20 bits per heavy atom. The number of anilines is 1. The summed E-state index contributed by atoms with van der Waals surface area (Å²) in [6, 6.07) is 0. The number of carbonyl (C=O) groups excluding carboxylic acids is 1. The number of nitrogens with one attached hydrogen (secondary N) is 1. The number of carbonyl (C=O) groups is 1. The Morgan fingerprint density at radius 3 is 2.60 bits per heavy atom. The zero-order valence-corrected chi connectivity index (χ0v) is 9.85. The van der Waals surface area contributed by atoms with E-state index in [4.69, 9.17) is 5.73 Å². The van der Waals surface area contributed by atoms with Gasteiger partial charge in [-0.15, -0.1) is 11.3 Å². The van der Waals surface area contributed by atoms with Gasteiger partial charge in [0.15, 0.2) is 5.13 Å². The monoisotopic (exact) mass is 249 g/mol. The average Bonchev–Trinajstić information content (AvgIpc) is 2.50. The molecule has 1 amide bonds. The fraction of sp³-hybridized carbons (Fsp3) is 0.429. The number of nitrogen functional groups attached to an aromatic ring is 1. The van der Waals surface area contributed by atoms with E-state index >= 15 is 0 Å². The van der Waals surface area contributed by atoms with Crippen molar-refractivity contribution in [2.75, 3.05) is 5.73 Å². The van der Waals surface area contributed by atoms with E-state index in [9.17, 15) is 13.2 Å². The molecule has 1 heterocycles. The smallest absolute Gasteiger partial charge is 0.284 e. The van der Waals surface area contributed by atoms with Gasteiger partial charge >= 0.3 is 0 Å². The van der Waals surface area contributed by atoms with Gasteiger partial charge in [0, 0.05) is 5.38 Å². The van der Waals surface area contributed by atoms with Gasteiger partial charge in [-0.1, -0.05) is 0 Å². The quantitative estimate of drug-likeness (QED) is 0.796. The number of nitrogens with zero attached hydrogens (tertiary/aromatic N) is 1. The van der Waals surface area contributed by atoms with E-state index < -0.39 is 21.2 Å². The van der Waals surface area contributed by atoms with Gasteiger partial charge in [0.05, 0.1) is 5.25 Å². The Bertz CT molecular complexity index is 464. The molecule has 0 saturated carbocycles. The Kier molecular flexibility index (Phi) is 3.30. The van der Waals surface area contributed by atoms with Gasteiger partial charge in [0.25, 0.3) is 5.91 Å². The van der Waals surface area contributed by atoms with Crippen LogP contribution in [0.25, 0.3) is 0 Å². The number of sulfonamides is 1. The number of nitrogens with two attached hydrogens (primary N) is 1. The summed E-state index contributed by atoms with van der Waals surface area (Å²) >= 11 is 1.08. The minimum Gasteiger partial charge on any atom is -0.375 e. The molecule has 3 N–H and O–H groups in total. The molecule has 0 atom stereocenters. The fourth-order valence-corrected chi connectivity index (χ4v) is 1.83. The number of amides is 1. The first-order chi connectivity index (χ1) is 6.83. The summed E-state index contributed by atoms with van der Waals surface area (Å²) < 4.78 is 24.6. The van der Waals surface area contributed by atoms with Crippen molar-refractivity contribution in [1.82, 2.24) is 9.71 Å². The van der Waals surface area contributed by atoms with Crippen molar-refractivity contribution in [1.29, 1.82) is 0 Å². The maximum absolute atomic E-state index is 11.4. The van der Waals surface area contributed by atoms with Crippen LogP contribution in [-0.2, 0) is 10.0 Å². The molecular weight excluding hydrogens is 238 g/mol. The third kappa shape index (κ3) is 2.90. The van der Waals surface area contributed by atoms with E-state index in [1.54, 1.807) is 0 Å². The molecule has 0 fully saturated rings. The van der Waals surface area contributed by atoms with E-state index in [0.29, 0.717) is 0 Å². The zero-order valence-electron chi connectivity index (χ0n) is 8.22. The average molecular weight is 249 g/mol. The first kappa shape index (κ1) is 11.9. The molecule has 0 saturated heterocycles. The van der Waals surface area contributed by atoms with Crippen molar-refractivity contribution in [3.05, 3.63) is 11.1 Å². The Morgan fingerprint density at radius 1 is 1.60 bits per heavy atom. The second kappa shape index (κ2) is 4.15. The lowest BCUT2D eigenvalue weighted by Crippen LogP contribution is -2.35. The number of hydrogen-bond acceptors (Lipinski definition) is 6. The van der Waals surface area contributed by atoms with E-state index in [1.807, 2.05) is 4.72 Å². The molecule has 0 unspecified atom stereocenters. The highest BCUT2D eigenvalue weighted by Gasteiger charge is 2.21. The minimum absolute atomic E-state index is 0.0155. The molecule has 1 aromatic heterocycles. The normalized spacial score (nSPS) is 11.7. The van der Waals surface area contributed by atoms with Crippen molar-refractivity contribution in [3.63, 3.8) is 0 Å². The van der Waals surface area contributed by atoms with Gasteiger partial charge in [-0.2, -0.15) is 0 Å². The summed E-state index contributed by atoms with van der Waals surface area (Å²) in [5.41, 5.74) is 5.33.